The van der Waals surface area contributed by atoms with Crippen molar-refractivity contribution in [1.82, 2.24) is 24.1 Å². The van der Waals surface area contributed by atoms with Crippen LogP contribution in [0.25, 0.3) is 123 Å². The van der Waals surface area contributed by atoms with Crippen LogP contribution in [0.5, 0.6) is 0 Å². The zero-order chi connectivity index (χ0) is 45.0. The zero-order valence-electron chi connectivity index (χ0n) is 36.9. The molecule has 0 saturated heterocycles. The maximum absolute atomic E-state index is 5.00. The van der Waals surface area contributed by atoms with Gasteiger partial charge in [-0.25, -0.2) is 15.0 Å². The first kappa shape index (κ1) is 39.2. The van der Waals surface area contributed by atoms with E-state index in [0.29, 0.717) is 17.5 Å². The van der Waals surface area contributed by atoms with Crippen LogP contribution in [-0.2, 0) is 0 Å². The Morgan fingerprint density at radius 2 is 0.544 bits per heavy atom. The van der Waals surface area contributed by atoms with Gasteiger partial charge in [-0.3, -0.25) is 0 Å². The van der Waals surface area contributed by atoms with E-state index in [9.17, 15) is 0 Å². The summed E-state index contributed by atoms with van der Waals surface area (Å²) in [5.41, 5.74) is 16.7. The molecule has 0 aliphatic rings. The molecule has 68 heavy (non-hydrogen) atoms. The van der Waals surface area contributed by atoms with E-state index in [-0.39, 0.29) is 0 Å². The topological polar surface area (TPSA) is 48.5 Å². The molecular weight excluding hydrogens is 827 g/mol. The van der Waals surface area contributed by atoms with Crippen molar-refractivity contribution >= 4 is 43.6 Å². The van der Waals surface area contributed by atoms with Crippen molar-refractivity contribution < 1.29 is 0 Å². The number of hydrogen-bond donors (Lipinski definition) is 0. The lowest BCUT2D eigenvalue weighted by Gasteiger charge is -2.12. The van der Waals surface area contributed by atoms with Gasteiger partial charge in [-0.1, -0.05) is 176 Å². The Morgan fingerprint density at radius 3 is 1.07 bits per heavy atom. The standard InChI is InChI=1S/C63H41N5/c1-4-17-42(18-5-1)61-64-62(43-19-6-2-7-20-43)66-63(65-61)50-25-15-23-46(38-50)44-21-14-22-45(37-44)47-24-16-28-52(39-47)68-58-32-13-11-30-54(58)56-41-49(34-36-60(56)68)48-33-35-59-55(40-48)53-29-10-12-31-57(53)67(59)51-26-8-3-9-27-51/h1-41H. The smallest absolute Gasteiger partial charge is 0.164 e. The van der Waals surface area contributed by atoms with Crippen molar-refractivity contribution in [2.24, 2.45) is 0 Å². The van der Waals surface area contributed by atoms with E-state index in [4.69, 9.17) is 15.0 Å². The van der Waals surface area contributed by atoms with E-state index in [1.54, 1.807) is 0 Å². The van der Waals surface area contributed by atoms with Crippen LogP contribution in [-0.4, -0.2) is 24.1 Å². The Labute approximate surface area is 393 Å². The van der Waals surface area contributed by atoms with Gasteiger partial charge in [0.1, 0.15) is 0 Å². The minimum Gasteiger partial charge on any atom is -0.309 e. The second kappa shape index (κ2) is 16.4. The fourth-order valence-electron chi connectivity index (χ4n) is 9.92. The number of aromatic nitrogens is 5. The summed E-state index contributed by atoms with van der Waals surface area (Å²) < 4.78 is 4.78. The number of para-hydroxylation sites is 3. The van der Waals surface area contributed by atoms with Crippen LogP contribution in [0.2, 0.25) is 0 Å². The predicted molar refractivity (Wildman–Crippen MR) is 281 cm³/mol. The quantitative estimate of drug-likeness (QED) is 0.153. The Morgan fingerprint density at radius 1 is 0.206 bits per heavy atom. The highest BCUT2D eigenvalue weighted by Crippen LogP contribution is 2.39. The summed E-state index contributed by atoms with van der Waals surface area (Å²) in [6.45, 7) is 0. The van der Waals surface area contributed by atoms with Gasteiger partial charge < -0.3 is 9.13 Å². The van der Waals surface area contributed by atoms with E-state index >= 15 is 0 Å². The summed E-state index contributed by atoms with van der Waals surface area (Å²) in [4.78, 5) is 14.9. The van der Waals surface area contributed by atoms with E-state index in [2.05, 4.69) is 197 Å². The zero-order valence-corrected chi connectivity index (χ0v) is 36.9. The Bertz CT molecular complexity index is 3960. The van der Waals surface area contributed by atoms with Crippen LogP contribution < -0.4 is 0 Å². The van der Waals surface area contributed by atoms with Crippen LogP contribution in [0.4, 0.5) is 0 Å². The fourth-order valence-corrected chi connectivity index (χ4v) is 9.92. The predicted octanol–water partition coefficient (Wildman–Crippen LogP) is 16.1. The van der Waals surface area contributed by atoms with Crippen LogP contribution >= 0.6 is 0 Å². The molecule has 0 amide bonds. The van der Waals surface area contributed by atoms with Crippen LogP contribution in [0.15, 0.2) is 249 Å². The number of fused-ring (bicyclic) bond motifs is 6. The summed E-state index contributed by atoms with van der Waals surface area (Å²) in [5, 5.41) is 4.95. The molecule has 13 aromatic rings. The Hall–Kier alpha value is -9.19. The molecule has 0 N–H and O–H groups in total. The summed E-state index contributed by atoms with van der Waals surface area (Å²) in [6.07, 6.45) is 0. The number of nitrogens with zero attached hydrogens (tertiary/aromatic N) is 5. The largest absolute Gasteiger partial charge is 0.309 e. The lowest BCUT2D eigenvalue weighted by Crippen LogP contribution is -2.00. The van der Waals surface area contributed by atoms with Crippen molar-refractivity contribution in [3.8, 4) is 78.9 Å². The van der Waals surface area contributed by atoms with Crippen molar-refractivity contribution in [3.63, 3.8) is 0 Å². The third-order valence-electron chi connectivity index (χ3n) is 13.1. The van der Waals surface area contributed by atoms with Gasteiger partial charge in [-0.2, -0.15) is 0 Å². The van der Waals surface area contributed by atoms with Crippen LogP contribution in [0.1, 0.15) is 0 Å². The summed E-state index contributed by atoms with van der Waals surface area (Å²) in [5.74, 6) is 1.92. The Kier molecular flexibility index (Phi) is 9.43. The average molecular weight is 868 g/mol. The minimum absolute atomic E-state index is 0.634. The van der Waals surface area contributed by atoms with Crippen molar-refractivity contribution in [2.75, 3.05) is 0 Å². The van der Waals surface area contributed by atoms with Gasteiger partial charge in [-0.15, -0.1) is 0 Å². The first-order valence-corrected chi connectivity index (χ1v) is 23.0. The van der Waals surface area contributed by atoms with Crippen LogP contribution in [0, 0.1) is 0 Å². The molecular formula is C63H41N5. The van der Waals surface area contributed by atoms with Crippen molar-refractivity contribution in [1.29, 1.82) is 0 Å². The second-order valence-corrected chi connectivity index (χ2v) is 17.3. The molecule has 13 rings (SSSR count). The molecule has 0 bridgehead atoms. The number of hydrogen-bond acceptors (Lipinski definition) is 3. The van der Waals surface area contributed by atoms with Gasteiger partial charge >= 0.3 is 0 Å². The van der Waals surface area contributed by atoms with E-state index in [1.807, 2.05) is 60.7 Å². The van der Waals surface area contributed by atoms with E-state index in [0.717, 1.165) is 50.3 Å². The summed E-state index contributed by atoms with van der Waals surface area (Å²) in [7, 11) is 0. The first-order valence-electron chi connectivity index (χ1n) is 23.0. The average Bonchev–Trinajstić information content (AvgIpc) is 3.94. The summed E-state index contributed by atoms with van der Waals surface area (Å²) >= 11 is 0. The molecule has 0 aliphatic heterocycles. The molecule has 0 atom stereocenters. The van der Waals surface area contributed by atoms with Gasteiger partial charge in [0.25, 0.3) is 0 Å². The highest BCUT2D eigenvalue weighted by Gasteiger charge is 2.18. The third-order valence-corrected chi connectivity index (χ3v) is 13.1. The molecule has 10 aromatic carbocycles. The molecule has 0 spiro atoms. The molecule has 0 radical (unpaired) electrons. The molecule has 5 nitrogen and oxygen atoms in total. The molecule has 0 saturated carbocycles. The molecule has 318 valence electrons. The van der Waals surface area contributed by atoms with Gasteiger partial charge in [0.05, 0.1) is 22.1 Å². The molecule has 0 fully saturated rings. The SMILES string of the molecule is c1ccc(-c2nc(-c3ccccc3)nc(-c3cccc(-c4cccc(-c5cccc(-n6c7ccccc7c7cc(-c8ccc9c(c8)c8ccccc8n9-c8ccccc8)ccc76)c5)c4)c3)n2)cc1. The van der Waals surface area contributed by atoms with Crippen molar-refractivity contribution in [2.45, 2.75) is 0 Å². The van der Waals surface area contributed by atoms with Crippen LogP contribution in [0.3, 0.4) is 0 Å². The lowest BCUT2D eigenvalue weighted by molar-refractivity contribution is 1.07. The Balaban J connectivity index is 0.861. The molecule has 3 aromatic heterocycles. The van der Waals surface area contributed by atoms with Gasteiger partial charge in [0.2, 0.25) is 0 Å². The maximum Gasteiger partial charge on any atom is 0.164 e. The molecule has 3 heterocycles. The molecule has 0 unspecified atom stereocenters. The normalized spacial score (nSPS) is 11.5. The van der Waals surface area contributed by atoms with Gasteiger partial charge in [0.15, 0.2) is 17.5 Å². The maximum atomic E-state index is 5.00. The van der Waals surface area contributed by atoms with Gasteiger partial charge in [-0.05, 0) is 106 Å². The van der Waals surface area contributed by atoms with Crippen molar-refractivity contribution in [3.05, 3.63) is 249 Å². The lowest BCUT2D eigenvalue weighted by atomic mass is 9.97. The molecule has 0 aliphatic carbocycles. The number of rotatable bonds is 8. The number of benzene rings is 10. The monoisotopic (exact) mass is 867 g/mol. The second-order valence-electron chi connectivity index (χ2n) is 17.3. The highest BCUT2D eigenvalue weighted by atomic mass is 15.0. The summed E-state index contributed by atoms with van der Waals surface area (Å²) in [6, 6.07) is 88.4. The minimum atomic E-state index is 0.634. The fraction of sp³-hybridized carbons (Fsp3) is 0. The third kappa shape index (κ3) is 6.84. The molecule has 5 heteroatoms. The van der Waals surface area contributed by atoms with Gasteiger partial charge in [0, 0.05) is 49.6 Å². The highest BCUT2D eigenvalue weighted by molar-refractivity contribution is 6.12. The van der Waals surface area contributed by atoms with E-state index < -0.39 is 0 Å². The van der Waals surface area contributed by atoms with E-state index in [1.165, 1.54) is 54.7 Å². The first-order chi connectivity index (χ1) is 33.7.